The van der Waals surface area contributed by atoms with Gasteiger partial charge in [0.05, 0.1) is 0 Å². The van der Waals surface area contributed by atoms with Crippen LogP contribution >= 0.6 is 0 Å². The summed E-state index contributed by atoms with van der Waals surface area (Å²) in [5, 5.41) is 0. The van der Waals surface area contributed by atoms with Crippen molar-refractivity contribution in [3.05, 3.63) is 35.4 Å². The fourth-order valence-electron chi connectivity index (χ4n) is 2.09. The molecule has 13 heavy (non-hydrogen) atoms. The van der Waals surface area contributed by atoms with Crippen LogP contribution in [0.4, 0.5) is 0 Å². The molecule has 0 fully saturated rings. The fourth-order valence-corrected chi connectivity index (χ4v) is 2.09. The van der Waals surface area contributed by atoms with Gasteiger partial charge >= 0.3 is 0 Å². The van der Waals surface area contributed by atoms with Crippen LogP contribution in [0.2, 0.25) is 0 Å². The maximum Gasteiger partial charge on any atom is 0.0462 e. The summed E-state index contributed by atoms with van der Waals surface area (Å²) >= 11 is 0. The van der Waals surface area contributed by atoms with Gasteiger partial charge in [0, 0.05) is 6.04 Å². The molecule has 0 aliphatic heterocycles. The molecule has 0 amide bonds. The summed E-state index contributed by atoms with van der Waals surface area (Å²) < 4.78 is 0. The lowest BCUT2D eigenvalue weighted by atomic mass is 10.00. The smallest absolute Gasteiger partial charge is 0.0462 e. The minimum Gasteiger partial charge on any atom is -0.271 e. The maximum atomic E-state index is 5.54. The van der Waals surface area contributed by atoms with Crippen molar-refractivity contribution in [2.24, 2.45) is 5.84 Å². The van der Waals surface area contributed by atoms with Crippen molar-refractivity contribution in [1.82, 2.24) is 5.43 Å². The number of aryl methyl sites for hydroxylation is 1. The number of hydrazine groups is 1. The highest BCUT2D eigenvalue weighted by molar-refractivity contribution is 5.30. The van der Waals surface area contributed by atoms with Gasteiger partial charge in [-0.25, -0.2) is 0 Å². The zero-order valence-electron chi connectivity index (χ0n) is 7.79. The molecule has 1 aromatic carbocycles. The summed E-state index contributed by atoms with van der Waals surface area (Å²) in [5.74, 6) is 5.54. The molecule has 0 radical (unpaired) electrons. The zero-order chi connectivity index (χ0) is 9.10. The molecule has 1 unspecified atom stereocenters. The topological polar surface area (TPSA) is 38.0 Å². The van der Waals surface area contributed by atoms with Gasteiger partial charge in [-0.1, -0.05) is 30.7 Å². The summed E-state index contributed by atoms with van der Waals surface area (Å²) in [6.07, 6.45) is 4.92. The average molecular weight is 176 g/mol. The molecular formula is C11H16N2. The van der Waals surface area contributed by atoms with E-state index >= 15 is 0 Å². The predicted octanol–water partition coefficient (Wildman–Crippen LogP) is 1.92. The summed E-state index contributed by atoms with van der Waals surface area (Å²) in [4.78, 5) is 0. The summed E-state index contributed by atoms with van der Waals surface area (Å²) in [5.41, 5.74) is 5.75. The Morgan fingerprint density at radius 2 is 2.08 bits per heavy atom. The second kappa shape index (κ2) is 3.90. The normalized spacial score (nSPS) is 22.1. The average Bonchev–Trinajstić information content (AvgIpc) is 2.39. The van der Waals surface area contributed by atoms with E-state index in [2.05, 4.69) is 29.7 Å². The first kappa shape index (κ1) is 8.73. The summed E-state index contributed by atoms with van der Waals surface area (Å²) in [6, 6.07) is 8.96. The molecule has 0 bridgehead atoms. The molecule has 70 valence electrons. The Morgan fingerprint density at radius 3 is 2.92 bits per heavy atom. The first-order chi connectivity index (χ1) is 6.42. The SMILES string of the molecule is NNC1CCCCc2ccccc21. The van der Waals surface area contributed by atoms with Gasteiger partial charge in [-0.2, -0.15) is 0 Å². The lowest BCUT2D eigenvalue weighted by molar-refractivity contribution is 0.504. The Morgan fingerprint density at radius 1 is 1.23 bits per heavy atom. The van der Waals surface area contributed by atoms with Crippen molar-refractivity contribution in [3.8, 4) is 0 Å². The first-order valence-corrected chi connectivity index (χ1v) is 4.96. The van der Waals surface area contributed by atoms with E-state index in [0.717, 1.165) is 6.42 Å². The van der Waals surface area contributed by atoms with E-state index in [1.54, 1.807) is 0 Å². The predicted molar refractivity (Wildman–Crippen MR) is 54.1 cm³/mol. The molecule has 3 N–H and O–H groups in total. The lowest BCUT2D eigenvalue weighted by Crippen LogP contribution is -2.28. The van der Waals surface area contributed by atoms with Gasteiger partial charge in [0.15, 0.2) is 0 Å². The highest BCUT2D eigenvalue weighted by Crippen LogP contribution is 2.27. The van der Waals surface area contributed by atoms with Crippen LogP contribution in [-0.2, 0) is 6.42 Å². The van der Waals surface area contributed by atoms with E-state index in [4.69, 9.17) is 5.84 Å². The molecule has 2 rings (SSSR count). The molecule has 0 spiro atoms. The van der Waals surface area contributed by atoms with Gasteiger partial charge < -0.3 is 0 Å². The van der Waals surface area contributed by atoms with Crippen LogP contribution in [0.15, 0.2) is 24.3 Å². The third-order valence-electron chi connectivity index (χ3n) is 2.82. The number of fused-ring (bicyclic) bond motifs is 1. The molecule has 0 heterocycles. The van der Waals surface area contributed by atoms with E-state index in [9.17, 15) is 0 Å². The fraction of sp³-hybridized carbons (Fsp3) is 0.455. The maximum absolute atomic E-state index is 5.54. The molecule has 0 saturated heterocycles. The van der Waals surface area contributed by atoms with Gasteiger partial charge in [-0.05, 0) is 30.4 Å². The molecule has 1 aromatic rings. The Balaban J connectivity index is 2.35. The van der Waals surface area contributed by atoms with Crippen molar-refractivity contribution in [2.45, 2.75) is 31.7 Å². The Labute approximate surface area is 79.1 Å². The van der Waals surface area contributed by atoms with Crippen LogP contribution in [-0.4, -0.2) is 0 Å². The van der Waals surface area contributed by atoms with Crippen LogP contribution in [0.5, 0.6) is 0 Å². The largest absolute Gasteiger partial charge is 0.271 e. The number of benzene rings is 1. The number of hydrogen-bond acceptors (Lipinski definition) is 2. The van der Waals surface area contributed by atoms with E-state index in [1.165, 1.54) is 30.4 Å². The molecule has 0 aromatic heterocycles. The zero-order valence-corrected chi connectivity index (χ0v) is 7.79. The lowest BCUT2D eigenvalue weighted by Gasteiger charge is -2.15. The quantitative estimate of drug-likeness (QED) is 0.390. The van der Waals surface area contributed by atoms with Crippen LogP contribution in [0.1, 0.15) is 36.4 Å². The van der Waals surface area contributed by atoms with Gasteiger partial charge in [0.2, 0.25) is 0 Å². The first-order valence-electron chi connectivity index (χ1n) is 4.96. The highest BCUT2D eigenvalue weighted by atomic mass is 15.2. The van der Waals surface area contributed by atoms with Crippen molar-refractivity contribution in [2.75, 3.05) is 0 Å². The molecule has 1 atom stereocenters. The van der Waals surface area contributed by atoms with Crippen LogP contribution in [0, 0.1) is 0 Å². The van der Waals surface area contributed by atoms with Gasteiger partial charge in [-0.3, -0.25) is 11.3 Å². The third kappa shape index (κ3) is 1.74. The standard InChI is InChI=1S/C11H16N2/c12-13-11-8-4-2-6-9-5-1-3-7-10(9)11/h1,3,5,7,11,13H,2,4,6,8,12H2. The number of rotatable bonds is 1. The molecule has 2 nitrogen and oxygen atoms in total. The van der Waals surface area contributed by atoms with Gasteiger partial charge in [0.25, 0.3) is 0 Å². The van der Waals surface area contributed by atoms with Crippen molar-refractivity contribution in [1.29, 1.82) is 0 Å². The minimum atomic E-state index is 0.360. The van der Waals surface area contributed by atoms with Gasteiger partial charge in [-0.15, -0.1) is 0 Å². The Kier molecular flexibility index (Phi) is 2.62. The van der Waals surface area contributed by atoms with E-state index in [0.29, 0.717) is 6.04 Å². The van der Waals surface area contributed by atoms with Crippen LogP contribution < -0.4 is 11.3 Å². The Hall–Kier alpha value is -0.860. The second-order valence-electron chi connectivity index (χ2n) is 3.66. The number of nitrogens with two attached hydrogens (primary N) is 1. The minimum absolute atomic E-state index is 0.360. The third-order valence-corrected chi connectivity index (χ3v) is 2.82. The van der Waals surface area contributed by atoms with Crippen LogP contribution in [0.25, 0.3) is 0 Å². The van der Waals surface area contributed by atoms with Crippen molar-refractivity contribution in [3.63, 3.8) is 0 Å². The summed E-state index contributed by atoms with van der Waals surface area (Å²) in [6.45, 7) is 0. The highest BCUT2D eigenvalue weighted by Gasteiger charge is 2.15. The van der Waals surface area contributed by atoms with Crippen molar-refractivity contribution >= 4 is 0 Å². The molecule has 0 saturated carbocycles. The van der Waals surface area contributed by atoms with E-state index < -0.39 is 0 Å². The van der Waals surface area contributed by atoms with Crippen molar-refractivity contribution < 1.29 is 0 Å². The molecule has 1 aliphatic rings. The monoisotopic (exact) mass is 176 g/mol. The second-order valence-corrected chi connectivity index (χ2v) is 3.66. The number of hydrogen-bond donors (Lipinski definition) is 2. The van der Waals surface area contributed by atoms with Crippen LogP contribution in [0.3, 0.4) is 0 Å². The van der Waals surface area contributed by atoms with E-state index in [1.807, 2.05) is 0 Å². The number of nitrogens with one attached hydrogen (secondary N) is 1. The summed E-state index contributed by atoms with van der Waals surface area (Å²) in [7, 11) is 0. The Bertz CT molecular complexity index is 283. The molecule has 2 heteroatoms. The van der Waals surface area contributed by atoms with E-state index in [-0.39, 0.29) is 0 Å². The van der Waals surface area contributed by atoms with Gasteiger partial charge in [0.1, 0.15) is 0 Å². The molecular weight excluding hydrogens is 160 g/mol. The molecule has 1 aliphatic carbocycles.